The van der Waals surface area contributed by atoms with Crippen LogP contribution in [0.2, 0.25) is 0 Å². The molecule has 4 rings (SSSR count). The van der Waals surface area contributed by atoms with E-state index in [1.54, 1.807) is 12.1 Å². The van der Waals surface area contributed by atoms with Crippen LogP contribution < -0.4 is 0 Å². The molecule has 5 heteroatoms. The van der Waals surface area contributed by atoms with Crippen LogP contribution in [0.1, 0.15) is 42.4 Å². The lowest BCUT2D eigenvalue weighted by atomic mass is 10.1. The molecule has 0 aliphatic carbocycles. The number of hydrogen-bond donors (Lipinski definition) is 0. The third kappa shape index (κ3) is 4.03. The van der Waals surface area contributed by atoms with E-state index in [2.05, 4.69) is 34.8 Å². The summed E-state index contributed by atoms with van der Waals surface area (Å²) >= 11 is 0. The molecule has 3 heterocycles. The molecule has 1 aliphatic rings. The molecule has 0 amide bonds. The van der Waals surface area contributed by atoms with Crippen LogP contribution in [-0.2, 0) is 19.5 Å². The van der Waals surface area contributed by atoms with Gasteiger partial charge in [-0.3, -0.25) is 9.88 Å². The Kier molecular flexibility index (Phi) is 4.94. The first kappa shape index (κ1) is 17.7. The highest BCUT2D eigenvalue weighted by molar-refractivity contribution is 5.58. The van der Waals surface area contributed by atoms with E-state index in [1.807, 2.05) is 18.5 Å². The van der Waals surface area contributed by atoms with E-state index in [1.165, 1.54) is 29.0 Å². The Bertz CT molecular complexity index is 920. The van der Waals surface area contributed by atoms with Crippen LogP contribution in [0.5, 0.6) is 0 Å². The van der Waals surface area contributed by atoms with Crippen LogP contribution >= 0.6 is 0 Å². The number of halogens is 1. The molecule has 0 saturated carbocycles. The second-order valence-electron chi connectivity index (χ2n) is 7.37. The van der Waals surface area contributed by atoms with E-state index < -0.39 is 0 Å². The van der Waals surface area contributed by atoms with Gasteiger partial charge in [0.15, 0.2) is 0 Å². The number of pyridine rings is 1. The Hall–Kier alpha value is -2.66. The average molecular weight is 362 g/mol. The molecular formula is C22H23FN4. The zero-order valence-corrected chi connectivity index (χ0v) is 15.7. The number of fused-ring (bicyclic) bond motifs is 1. The Labute approximate surface area is 159 Å². The summed E-state index contributed by atoms with van der Waals surface area (Å²) in [5, 5.41) is 0. The monoisotopic (exact) mass is 362 g/mol. The predicted molar refractivity (Wildman–Crippen MR) is 104 cm³/mol. The van der Waals surface area contributed by atoms with Gasteiger partial charge < -0.3 is 0 Å². The van der Waals surface area contributed by atoms with E-state index in [0.717, 1.165) is 43.1 Å². The molecular weight excluding hydrogens is 339 g/mol. The standard InChI is InChI=1S/C22H23FN4/c1-15(2)22-25-12-18-14-27(10-9-21(18)26-22)13-16-3-8-20(24-11-16)17-4-6-19(23)7-5-17/h3-8,11-12,15H,9-10,13-14H2,1-2H3. The normalized spacial score (nSPS) is 14.4. The second kappa shape index (κ2) is 7.53. The summed E-state index contributed by atoms with van der Waals surface area (Å²) in [6, 6.07) is 10.5. The zero-order chi connectivity index (χ0) is 18.8. The van der Waals surface area contributed by atoms with Crippen LogP contribution in [-0.4, -0.2) is 26.4 Å². The lowest BCUT2D eigenvalue weighted by Crippen LogP contribution is -2.31. The molecule has 0 unspecified atom stereocenters. The van der Waals surface area contributed by atoms with Gasteiger partial charge in [0.2, 0.25) is 0 Å². The largest absolute Gasteiger partial charge is 0.294 e. The van der Waals surface area contributed by atoms with Crippen LogP contribution in [0.25, 0.3) is 11.3 Å². The van der Waals surface area contributed by atoms with E-state index in [4.69, 9.17) is 4.98 Å². The number of rotatable bonds is 4. The van der Waals surface area contributed by atoms with Gasteiger partial charge in [0.25, 0.3) is 0 Å². The number of benzene rings is 1. The second-order valence-corrected chi connectivity index (χ2v) is 7.37. The highest BCUT2D eigenvalue weighted by atomic mass is 19.1. The molecule has 27 heavy (non-hydrogen) atoms. The van der Waals surface area contributed by atoms with Crippen molar-refractivity contribution in [1.29, 1.82) is 0 Å². The van der Waals surface area contributed by atoms with Crippen molar-refractivity contribution in [3.05, 3.63) is 77.3 Å². The predicted octanol–water partition coefficient (Wildman–Crippen LogP) is 4.36. The van der Waals surface area contributed by atoms with E-state index in [9.17, 15) is 4.39 Å². The Morgan fingerprint density at radius 2 is 1.85 bits per heavy atom. The van der Waals surface area contributed by atoms with Gasteiger partial charge >= 0.3 is 0 Å². The topological polar surface area (TPSA) is 41.9 Å². The van der Waals surface area contributed by atoms with Crippen LogP contribution in [0.3, 0.4) is 0 Å². The molecule has 2 aromatic heterocycles. The molecule has 1 aliphatic heterocycles. The Morgan fingerprint density at radius 1 is 1.04 bits per heavy atom. The Balaban J connectivity index is 1.43. The fourth-order valence-electron chi connectivity index (χ4n) is 3.37. The third-order valence-corrected chi connectivity index (χ3v) is 4.92. The minimum Gasteiger partial charge on any atom is -0.294 e. The van der Waals surface area contributed by atoms with Crippen molar-refractivity contribution in [2.24, 2.45) is 0 Å². The first-order valence-electron chi connectivity index (χ1n) is 9.36. The summed E-state index contributed by atoms with van der Waals surface area (Å²) < 4.78 is 13.1. The summed E-state index contributed by atoms with van der Waals surface area (Å²) in [5.74, 6) is 1.06. The number of aromatic nitrogens is 3. The van der Waals surface area contributed by atoms with Crippen molar-refractivity contribution in [3.63, 3.8) is 0 Å². The molecule has 138 valence electrons. The van der Waals surface area contributed by atoms with Crippen molar-refractivity contribution in [3.8, 4) is 11.3 Å². The first-order chi connectivity index (χ1) is 13.1. The highest BCUT2D eigenvalue weighted by Crippen LogP contribution is 2.22. The van der Waals surface area contributed by atoms with Gasteiger partial charge in [0, 0.05) is 61.2 Å². The lowest BCUT2D eigenvalue weighted by molar-refractivity contribution is 0.242. The van der Waals surface area contributed by atoms with Crippen molar-refractivity contribution in [2.75, 3.05) is 6.54 Å². The van der Waals surface area contributed by atoms with Gasteiger partial charge in [-0.2, -0.15) is 0 Å². The van der Waals surface area contributed by atoms with Gasteiger partial charge in [-0.1, -0.05) is 19.9 Å². The number of hydrogen-bond acceptors (Lipinski definition) is 4. The first-order valence-corrected chi connectivity index (χ1v) is 9.36. The molecule has 0 radical (unpaired) electrons. The molecule has 0 saturated heterocycles. The highest BCUT2D eigenvalue weighted by Gasteiger charge is 2.19. The van der Waals surface area contributed by atoms with Crippen molar-refractivity contribution >= 4 is 0 Å². The van der Waals surface area contributed by atoms with Crippen LogP contribution in [0.4, 0.5) is 4.39 Å². The van der Waals surface area contributed by atoms with Crippen LogP contribution in [0.15, 0.2) is 48.8 Å². The minimum absolute atomic E-state index is 0.231. The molecule has 0 bridgehead atoms. The fraction of sp³-hybridized carbons (Fsp3) is 0.318. The van der Waals surface area contributed by atoms with E-state index in [-0.39, 0.29) is 5.82 Å². The molecule has 0 spiro atoms. The van der Waals surface area contributed by atoms with Gasteiger partial charge in [-0.05, 0) is 35.9 Å². The van der Waals surface area contributed by atoms with Crippen LogP contribution in [0, 0.1) is 5.82 Å². The molecule has 3 aromatic rings. The molecule has 4 nitrogen and oxygen atoms in total. The quantitative estimate of drug-likeness (QED) is 0.692. The van der Waals surface area contributed by atoms with Crippen molar-refractivity contribution < 1.29 is 4.39 Å². The maximum atomic E-state index is 13.1. The summed E-state index contributed by atoms with van der Waals surface area (Å²) in [4.78, 5) is 16.2. The minimum atomic E-state index is -0.231. The summed E-state index contributed by atoms with van der Waals surface area (Å²) in [5.41, 5.74) is 5.37. The zero-order valence-electron chi connectivity index (χ0n) is 15.7. The van der Waals surface area contributed by atoms with E-state index in [0.29, 0.717) is 5.92 Å². The Morgan fingerprint density at radius 3 is 2.56 bits per heavy atom. The summed E-state index contributed by atoms with van der Waals surface area (Å²) in [7, 11) is 0. The maximum Gasteiger partial charge on any atom is 0.131 e. The fourth-order valence-corrected chi connectivity index (χ4v) is 3.37. The summed E-state index contributed by atoms with van der Waals surface area (Å²) in [6.07, 6.45) is 4.85. The van der Waals surface area contributed by atoms with Gasteiger partial charge in [-0.15, -0.1) is 0 Å². The molecule has 0 N–H and O–H groups in total. The van der Waals surface area contributed by atoms with Gasteiger partial charge in [0.1, 0.15) is 11.6 Å². The molecule has 0 fully saturated rings. The van der Waals surface area contributed by atoms with Crippen molar-refractivity contribution in [1.82, 2.24) is 19.9 Å². The van der Waals surface area contributed by atoms with Gasteiger partial charge in [-0.25, -0.2) is 14.4 Å². The maximum absolute atomic E-state index is 13.1. The molecule has 1 aromatic carbocycles. The third-order valence-electron chi connectivity index (χ3n) is 4.92. The smallest absolute Gasteiger partial charge is 0.131 e. The summed E-state index contributed by atoms with van der Waals surface area (Å²) in [6.45, 7) is 6.95. The van der Waals surface area contributed by atoms with E-state index >= 15 is 0 Å². The SMILES string of the molecule is CC(C)c1ncc2c(n1)CCN(Cc1ccc(-c3ccc(F)cc3)nc1)C2. The molecule has 0 atom stereocenters. The number of nitrogens with zero attached hydrogens (tertiary/aromatic N) is 4. The van der Waals surface area contributed by atoms with Crippen molar-refractivity contribution in [2.45, 2.75) is 39.3 Å². The lowest BCUT2D eigenvalue weighted by Gasteiger charge is -2.28. The average Bonchev–Trinajstić information content (AvgIpc) is 2.69. The van der Waals surface area contributed by atoms with Gasteiger partial charge in [0.05, 0.1) is 5.69 Å².